The SMILES string of the molecule is C[C-]=C(C(C)=O)[C-](C)O.[Y].[Y]. The van der Waals surface area contributed by atoms with Crippen LogP contribution in [0.4, 0.5) is 0 Å². The van der Waals surface area contributed by atoms with Crippen LogP contribution in [0.3, 0.4) is 0 Å². The Morgan fingerprint density at radius 2 is 1.82 bits per heavy atom. The monoisotopic (exact) mass is 304 g/mol. The van der Waals surface area contributed by atoms with Crippen molar-refractivity contribution in [2.45, 2.75) is 20.8 Å². The van der Waals surface area contributed by atoms with Gasteiger partial charge in [-0.25, -0.2) is 0 Å². The minimum Gasteiger partial charge on any atom is -0.485 e. The predicted molar refractivity (Wildman–Crippen MR) is 34.0 cm³/mol. The number of rotatable bonds is 2. The van der Waals surface area contributed by atoms with Gasteiger partial charge >= 0.3 is 0 Å². The molecule has 0 aromatic carbocycles. The van der Waals surface area contributed by atoms with Crippen molar-refractivity contribution in [3.8, 4) is 0 Å². The topological polar surface area (TPSA) is 37.3 Å². The minimum atomic E-state index is -0.155. The number of carbonyl (C=O) groups excluding carboxylic acids is 1. The van der Waals surface area contributed by atoms with E-state index in [9.17, 15) is 4.79 Å². The van der Waals surface area contributed by atoms with E-state index < -0.39 is 0 Å². The van der Waals surface area contributed by atoms with Crippen molar-refractivity contribution >= 4 is 5.78 Å². The average molecular weight is 304 g/mol. The number of allylic oxidation sites excluding steroid dienone is 1. The van der Waals surface area contributed by atoms with Gasteiger partial charge in [0.15, 0.2) is 0 Å². The molecule has 0 unspecified atom stereocenters. The van der Waals surface area contributed by atoms with Crippen LogP contribution in [0.2, 0.25) is 0 Å². The zero-order chi connectivity index (χ0) is 7.44. The van der Waals surface area contributed by atoms with E-state index in [0.717, 1.165) is 0 Å². The van der Waals surface area contributed by atoms with E-state index in [2.05, 4.69) is 6.08 Å². The quantitative estimate of drug-likeness (QED) is 0.616. The van der Waals surface area contributed by atoms with Crippen LogP contribution in [0.15, 0.2) is 5.57 Å². The summed E-state index contributed by atoms with van der Waals surface area (Å²) < 4.78 is 0. The van der Waals surface area contributed by atoms with Crippen molar-refractivity contribution in [2.75, 3.05) is 0 Å². The second-order valence-corrected chi connectivity index (χ2v) is 1.77. The zero-order valence-corrected chi connectivity index (χ0v) is 12.7. The first-order chi connectivity index (χ1) is 4.09. The van der Waals surface area contributed by atoms with Crippen molar-refractivity contribution in [3.63, 3.8) is 0 Å². The molecular weight excluding hydrogens is 294 g/mol. The summed E-state index contributed by atoms with van der Waals surface area (Å²) in [5, 5.41) is 8.78. The van der Waals surface area contributed by atoms with E-state index in [1.54, 1.807) is 6.92 Å². The Balaban J connectivity index is -0.000000320. The Labute approximate surface area is 118 Å². The molecule has 0 aromatic rings. The number of ketones is 1. The normalized spacial score (nSPS) is 9.27. The van der Waals surface area contributed by atoms with Gasteiger partial charge in [0.05, 0.1) is 0 Å². The van der Waals surface area contributed by atoms with Gasteiger partial charge in [0.25, 0.3) is 0 Å². The maximum atomic E-state index is 10.5. The summed E-state index contributed by atoms with van der Waals surface area (Å²) in [6.45, 7) is 4.45. The first kappa shape index (κ1) is 18.3. The molecule has 1 N–H and O–H groups in total. The Morgan fingerprint density at radius 3 is 1.82 bits per heavy atom. The second kappa shape index (κ2) is 9.54. The molecule has 0 saturated carbocycles. The average Bonchev–Trinajstić information content (AvgIpc) is 1.64. The summed E-state index contributed by atoms with van der Waals surface area (Å²) in [7, 11) is 0. The van der Waals surface area contributed by atoms with Crippen molar-refractivity contribution in [1.29, 1.82) is 0 Å². The van der Waals surface area contributed by atoms with Crippen LogP contribution in [-0.4, -0.2) is 10.9 Å². The van der Waals surface area contributed by atoms with Gasteiger partial charge in [-0.1, -0.05) is 12.7 Å². The van der Waals surface area contributed by atoms with Crippen LogP contribution in [0.5, 0.6) is 0 Å². The van der Waals surface area contributed by atoms with Gasteiger partial charge < -0.3 is 21.6 Å². The number of hydrogen-bond acceptors (Lipinski definition) is 2. The maximum absolute atomic E-state index is 10.5. The number of aliphatic hydroxyl groups excluding tert-OH is 1. The molecule has 2 radical (unpaired) electrons. The first-order valence-corrected chi connectivity index (χ1v) is 2.68. The Hall–Kier alpha value is 1.45. The molecule has 0 saturated heterocycles. The molecule has 0 aliphatic rings. The van der Waals surface area contributed by atoms with Gasteiger partial charge in [0, 0.05) is 65.4 Å². The van der Waals surface area contributed by atoms with Crippen molar-refractivity contribution in [2.24, 2.45) is 0 Å². The standard InChI is InChI=1S/C7H10O2.2Y/c1-4-7(5(2)8)6(3)9;;/h8H,1-3H3;;/q-2;;. The molecular formula is C7H10O2Y2-2. The molecule has 0 rings (SSSR count). The third-order valence-corrected chi connectivity index (χ3v) is 0.964. The van der Waals surface area contributed by atoms with Gasteiger partial charge in [-0.3, -0.25) is 0 Å². The fraction of sp³-hybridized carbons (Fsp3) is 0.429. The Bertz CT molecular complexity index is 141. The van der Waals surface area contributed by atoms with Gasteiger partial charge in [-0.15, -0.1) is 6.92 Å². The second-order valence-electron chi connectivity index (χ2n) is 1.77. The van der Waals surface area contributed by atoms with E-state index in [4.69, 9.17) is 5.11 Å². The number of Topliss-reactive ketones (excluding diaryl/α,β-unsaturated/α-hetero) is 1. The molecule has 58 valence electrons. The summed E-state index contributed by atoms with van der Waals surface area (Å²) in [5.74, 6) is -0.155. The third-order valence-electron chi connectivity index (χ3n) is 0.964. The van der Waals surface area contributed by atoms with Crippen LogP contribution in [0, 0.1) is 12.2 Å². The summed E-state index contributed by atoms with van der Waals surface area (Å²) in [6, 6.07) is 0. The zero-order valence-electron chi connectivity index (χ0n) is 7.01. The fourth-order valence-corrected chi connectivity index (χ4v) is 0.612. The fourth-order valence-electron chi connectivity index (χ4n) is 0.612. The summed E-state index contributed by atoms with van der Waals surface area (Å²) in [4.78, 5) is 10.5. The van der Waals surface area contributed by atoms with E-state index in [1.807, 2.05) is 0 Å². The van der Waals surface area contributed by atoms with Crippen molar-refractivity contribution < 1.29 is 75.3 Å². The number of aliphatic hydroxyl groups is 1. The van der Waals surface area contributed by atoms with Crippen LogP contribution >= 0.6 is 0 Å². The van der Waals surface area contributed by atoms with E-state index in [0.29, 0.717) is 0 Å². The minimum absolute atomic E-state index is 0. The van der Waals surface area contributed by atoms with Gasteiger partial charge in [-0.2, -0.15) is 13.0 Å². The molecule has 0 aliphatic carbocycles. The van der Waals surface area contributed by atoms with Crippen LogP contribution < -0.4 is 0 Å². The van der Waals surface area contributed by atoms with Crippen molar-refractivity contribution in [1.82, 2.24) is 0 Å². The van der Waals surface area contributed by atoms with Crippen LogP contribution in [-0.2, 0) is 70.2 Å². The molecule has 0 heterocycles. The molecule has 0 atom stereocenters. The van der Waals surface area contributed by atoms with Crippen LogP contribution in [0.25, 0.3) is 0 Å². The Morgan fingerprint density at radius 1 is 1.45 bits per heavy atom. The maximum Gasteiger partial charge on any atom is 0 e. The predicted octanol–water partition coefficient (Wildman–Crippen LogP) is 1.24. The summed E-state index contributed by atoms with van der Waals surface area (Å²) in [5.41, 5.74) is 0.273. The van der Waals surface area contributed by atoms with Crippen LogP contribution in [0.1, 0.15) is 20.8 Å². The van der Waals surface area contributed by atoms with Crippen molar-refractivity contribution in [3.05, 3.63) is 17.8 Å². The summed E-state index contributed by atoms with van der Waals surface area (Å²) in [6.07, 6.45) is 2.61. The smallest absolute Gasteiger partial charge is 0 e. The number of hydrogen-bond donors (Lipinski definition) is 1. The van der Waals surface area contributed by atoms with E-state index in [-0.39, 0.29) is 82.9 Å². The molecule has 0 fully saturated rings. The largest absolute Gasteiger partial charge is 0.485 e. The van der Waals surface area contributed by atoms with E-state index >= 15 is 0 Å². The third kappa shape index (κ3) is 7.80. The molecule has 0 bridgehead atoms. The van der Waals surface area contributed by atoms with Gasteiger partial charge in [0.2, 0.25) is 0 Å². The van der Waals surface area contributed by atoms with Gasteiger partial charge in [0.1, 0.15) is 0 Å². The number of carbonyl (C=O) groups is 1. The molecule has 0 amide bonds. The van der Waals surface area contributed by atoms with E-state index in [1.165, 1.54) is 13.8 Å². The first-order valence-electron chi connectivity index (χ1n) is 2.68. The van der Waals surface area contributed by atoms with Gasteiger partial charge in [-0.05, 0) is 0 Å². The molecule has 11 heavy (non-hydrogen) atoms. The molecule has 0 aliphatic heterocycles. The Kier molecular flexibility index (Phi) is 15.8. The molecule has 4 heteroatoms. The molecule has 0 spiro atoms. The molecule has 0 aromatic heterocycles. The summed E-state index contributed by atoms with van der Waals surface area (Å²) >= 11 is 0. The molecule has 2 nitrogen and oxygen atoms in total.